The van der Waals surface area contributed by atoms with Crippen LogP contribution in [0.4, 0.5) is 0 Å². The van der Waals surface area contributed by atoms with Crippen LogP contribution >= 0.6 is 0 Å². The fourth-order valence-electron chi connectivity index (χ4n) is 2.57. The van der Waals surface area contributed by atoms with Gasteiger partial charge >= 0.3 is 0 Å². The number of aromatic nitrogens is 1. The Labute approximate surface area is 123 Å². The van der Waals surface area contributed by atoms with E-state index >= 15 is 0 Å². The molecule has 0 bridgehead atoms. The van der Waals surface area contributed by atoms with Crippen molar-refractivity contribution in [1.29, 1.82) is 5.26 Å². The normalized spacial score (nSPS) is 14.4. The maximum absolute atomic E-state index is 12.5. The first-order valence-corrected chi connectivity index (χ1v) is 6.89. The van der Waals surface area contributed by atoms with Gasteiger partial charge in [-0.05, 0) is 35.8 Å². The standard InChI is InChI=1S/C17H15N3O/c18-11-15(10-16-6-3-8-19-16)17(21)20-9-7-13-4-1-2-5-14(13)12-20/h1-6,8,10,19H,7,9,12H2/b15-10-. The van der Waals surface area contributed by atoms with Crippen LogP contribution in [-0.2, 0) is 17.8 Å². The molecular formula is C17H15N3O. The minimum atomic E-state index is -0.207. The van der Waals surface area contributed by atoms with E-state index in [9.17, 15) is 10.1 Å². The minimum Gasteiger partial charge on any atom is -0.362 e. The Morgan fingerprint density at radius 2 is 2.05 bits per heavy atom. The highest BCUT2D eigenvalue weighted by molar-refractivity contribution is 6.01. The maximum atomic E-state index is 12.5. The van der Waals surface area contributed by atoms with Crippen molar-refractivity contribution in [2.45, 2.75) is 13.0 Å². The number of hydrogen-bond donors (Lipinski definition) is 1. The van der Waals surface area contributed by atoms with Crippen LogP contribution in [-0.4, -0.2) is 22.3 Å². The number of carbonyl (C=O) groups is 1. The largest absolute Gasteiger partial charge is 0.362 e. The van der Waals surface area contributed by atoms with Gasteiger partial charge in [0.15, 0.2) is 0 Å². The summed E-state index contributed by atoms with van der Waals surface area (Å²) in [5.41, 5.74) is 3.37. The molecule has 0 saturated heterocycles. The van der Waals surface area contributed by atoms with Crippen LogP contribution in [0.5, 0.6) is 0 Å². The molecule has 0 atom stereocenters. The third kappa shape index (κ3) is 2.72. The Morgan fingerprint density at radius 1 is 1.24 bits per heavy atom. The number of amides is 1. The summed E-state index contributed by atoms with van der Waals surface area (Å²) in [4.78, 5) is 17.2. The lowest BCUT2D eigenvalue weighted by molar-refractivity contribution is -0.127. The molecule has 0 fully saturated rings. The fraction of sp³-hybridized carbons (Fsp3) is 0.176. The summed E-state index contributed by atoms with van der Waals surface area (Å²) in [6, 6.07) is 13.8. The van der Waals surface area contributed by atoms with Crippen LogP contribution in [0.15, 0.2) is 48.2 Å². The van der Waals surface area contributed by atoms with E-state index in [2.05, 4.69) is 11.1 Å². The smallest absolute Gasteiger partial charge is 0.264 e. The van der Waals surface area contributed by atoms with Crippen LogP contribution in [0.3, 0.4) is 0 Å². The van der Waals surface area contributed by atoms with Crippen LogP contribution < -0.4 is 0 Å². The lowest BCUT2D eigenvalue weighted by Gasteiger charge is -2.28. The van der Waals surface area contributed by atoms with E-state index in [1.165, 1.54) is 5.56 Å². The highest BCUT2D eigenvalue weighted by atomic mass is 16.2. The number of benzene rings is 1. The topological polar surface area (TPSA) is 59.9 Å². The quantitative estimate of drug-likeness (QED) is 0.677. The van der Waals surface area contributed by atoms with Crippen molar-refractivity contribution in [3.05, 3.63) is 65.0 Å². The van der Waals surface area contributed by atoms with Crippen molar-refractivity contribution in [3.63, 3.8) is 0 Å². The first kappa shape index (κ1) is 13.2. The van der Waals surface area contributed by atoms with Crippen molar-refractivity contribution in [1.82, 2.24) is 9.88 Å². The number of hydrogen-bond acceptors (Lipinski definition) is 2. The molecule has 2 heterocycles. The number of carbonyl (C=O) groups excluding carboxylic acids is 1. The van der Waals surface area contributed by atoms with E-state index in [1.807, 2.05) is 36.4 Å². The average Bonchev–Trinajstić information content (AvgIpc) is 3.04. The fourth-order valence-corrected chi connectivity index (χ4v) is 2.57. The molecule has 1 amide bonds. The van der Waals surface area contributed by atoms with E-state index in [0.29, 0.717) is 13.1 Å². The molecule has 4 nitrogen and oxygen atoms in total. The van der Waals surface area contributed by atoms with E-state index in [-0.39, 0.29) is 11.5 Å². The molecule has 1 aliphatic rings. The van der Waals surface area contributed by atoms with Crippen LogP contribution in [0.2, 0.25) is 0 Å². The number of fused-ring (bicyclic) bond motifs is 1. The lowest BCUT2D eigenvalue weighted by Crippen LogP contribution is -2.36. The van der Waals surface area contributed by atoms with Crippen molar-refractivity contribution < 1.29 is 4.79 Å². The van der Waals surface area contributed by atoms with Crippen molar-refractivity contribution >= 4 is 12.0 Å². The monoisotopic (exact) mass is 277 g/mol. The molecule has 0 spiro atoms. The molecule has 0 saturated carbocycles. The van der Waals surface area contributed by atoms with Gasteiger partial charge in [0, 0.05) is 25.0 Å². The van der Waals surface area contributed by atoms with E-state index < -0.39 is 0 Å². The number of nitriles is 1. The molecule has 1 aromatic heterocycles. The summed E-state index contributed by atoms with van der Waals surface area (Å²) in [5, 5.41) is 9.24. The van der Waals surface area contributed by atoms with Crippen LogP contribution in [0, 0.1) is 11.3 Å². The van der Waals surface area contributed by atoms with Gasteiger partial charge in [-0.2, -0.15) is 5.26 Å². The number of nitrogens with zero attached hydrogens (tertiary/aromatic N) is 2. The lowest BCUT2D eigenvalue weighted by atomic mass is 9.99. The molecule has 1 aliphatic heterocycles. The molecule has 21 heavy (non-hydrogen) atoms. The second-order valence-electron chi connectivity index (χ2n) is 5.04. The molecular weight excluding hydrogens is 262 g/mol. The molecule has 2 aromatic rings. The highest BCUT2D eigenvalue weighted by Crippen LogP contribution is 2.20. The SMILES string of the molecule is N#C/C(=C/c1ccc[nH]1)C(=O)N1CCc2ccccc2C1. The number of nitrogens with one attached hydrogen (secondary N) is 1. The third-order valence-corrected chi connectivity index (χ3v) is 3.69. The minimum absolute atomic E-state index is 0.164. The molecule has 0 unspecified atom stereocenters. The predicted octanol–water partition coefficient (Wildman–Crippen LogP) is 2.51. The molecule has 4 heteroatoms. The number of aromatic amines is 1. The summed E-state index contributed by atoms with van der Waals surface area (Å²) in [5.74, 6) is -0.207. The van der Waals surface area contributed by atoms with Crippen molar-refractivity contribution in [2.24, 2.45) is 0 Å². The maximum Gasteiger partial charge on any atom is 0.264 e. The van der Waals surface area contributed by atoms with Gasteiger partial charge in [-0.25, -0.2) is 0 Å². The Hall–Kier alpha value is -2.80. The summed E-state index contributed by atoms with van der Waals surface area (Å²) in [7, 11) is 0. The van der Waals surface area contributed by atoms with Crippen molar-refractivity contribution in [2.75, 3.05) is 6.54 Å². The molecule has 0 radical (unpaired) electrons. The van der Waals surface area contributed by atoms with Gasteiger partial charge in [0.2, 0.25) is 0 Å². The zero-order chi connectivity index (χ0) is 14.7. The zero-order valence-electron chi connectivity index (χ0n) is 11.5. The third-order valence-electron chi connectivity index (χ3n) is 3.69. The second-order valence-corrected chi connectivity index (χ2v) is 5.04. The van der Waals surface area contributed by atoms with Gasteiger partial charge in [0.05, 0.1) is 0 Å². The van der Waals surface area contributed by atoms with Crippen LogP contribution in [0.25, 0.3) is 6.08 Å². The predicted molar refractivity (Wildman–Crippen MR) is 79.9 cm³/mol. The molecule has 0 aliphatic carbocycles. The van der Waals surface area contributed by atoms with Gasteiger partial charge < -0.3 is 9.88 Å². The summed E-state index contributed by atoms with van der Waals surface area (Å²) < 4.78 is 0. The molecule has 1 aromatic carbocycles. The number of H-pyrrole nitrogens is 1. The summed E-state index contributed by atoms with van der Waals surface area (Å²) >= 11 is 0. The van der Waals surface area contributed by atoms with Gasteiger partial charge in [-0.1, -0.05) is 24.3 Å². The van der Waals surface area contributed by atoms with E-state index in [4.69, 9.17) is 0 Å². The summed E-state index contributed by atoms with van der Waals surface area (Å²) in [6.45, 7) is 1.22. The van der Waals surface area contributed by atoms with Gasteiger partial charge in [-0.15, -0.1) is 0 Å². The van der Waals surface area contributed by atoms with Crippen LogP contribution in [0.1, 0.15) is 16.8 Å². The Bertz CT molecular complexity index is 723. The summed E-state index contributed by atoms with van der Waals surface area (Å²) in [6.07, 6.45) is 4.20. The Kier molecular flexibility index (Phi) is 3.57. The first-order chi connectivity index (χ1) is 10.3. The molecule has 3 rings (SSSR count). The average molecular weight is 277 g/mol. The molecule has 1 N–H and O–H groups in total. The van der Waals surface area contributed by atoms with E-state index in [0.717, 1.165) is 17.7 Å². The molecule has 104 valence electrons. The van der Waals surface area contributed by atoms with Gasteiger partial charge in [-0.3, -0.25) is 4.79 Å². The van der Waals surface area contributed by atoms with Crippen molar-refractivity contribution in [3.8, 4) is 6.07 Å². The Balaban J connectivity index is 1.81. The van der Waals surface area contributed by atoms with Gasteiger partial charge in [0.1, 0.15) is 11.6 Å². The van der Waals surface area contributed by atoms with E-state index in [1.54, 1.807) is 17.2 Å². The highest BCUT2D eigenvalue weighted by Gasteiger charge is 2.23. The second kappa shape index (κ2) is 5.68. The Morgan fingerprint density at radius 3 is 2.76 bits per heavy atom. The number of rotatable bonds is 2. The zero-order valence-corrected chi connectivity index (χ0v) is 11.5. The first-order valence-electron chi connectivity index (χ1n) is 6.89. The van der Waals surface area contributed by atoms with Gasteiger partial charge in [0.25, 0.3) is 5.91 Å².